The number of rotatable bonds is 3. The second kappa shape index (κ2) is 5.22. The van der Waals surface area contributed by atoms with Gasteiger partial charge in [-0.25, -0.2) is 0 Å². The van der Waals surface area contributed by atoms with Gasteiger partial charge in [0.05, 0.1) is 6.26 Å². The van der Waals surface area contributed by atoms with Crippen LogP contribution in [0.15, 0.2) is 41.0 Å². The molecule has 0 atom stereocenters. The summed E-state index contributed by atoms with van der Waals surface area (Å²) >= 11 is 0. The summed E-state index contributed by atoms with van der Waals surface area (Å²) in [5.74, 6) is 0.740. The lowest BCUT2D eigenvalue weighted by Crippen LogP contribution is -2.31. The summed E-state index contributed by atoms with van der Waals surface area (Å²) in [6, 6.07) is 8.29. The Hall–Kier alpha value is -1.54. The van der Waals surface area contributed by atoms with E-state index < -0.39 is 0 Å². The summed E-state index contributed by atoms with van der Waals surface area (Å²) in [6.45, 7) is 7.97. The maximum absolute atomic E-state index is 5.64. The van der Waals surface area contributed by atoms with Gasteiger partial charge in [0.2, 0.25) is 0 Å². The first kappa shape index (κ1) is 12.5. The number of fused-ring (bicyclic) bond motifs is 1. The lowest BCUT2D eigenvalue weighted by molar-refractivity contribution is 0.268. The number of hydrogen-bond donors (Lipinski definition) is 0. The van der Waals surface area contributed by atoms with Gasteiger partial charge in [0.1, 0.15) is 5.58 Å². The molecule has 0 unspecified atom stereocenters. The van der Waals surface area contributed by atoms with E-state index in [0.717, 1.165) is 31.0 Å². The van der Waals surface area contributed by atoms with Crippen molar-refractivity contribution in [3.05, 3.63) is 42.2 Å². The Labute approximate surface area is 114 Å². The minimum absolute atomic E-state index is 0.740. The number of benzene rings is 1. The highest BCUT2D eigenvalue weighted by molar-refractivity contribution is 5.91. The van der Waals surface area contributed by atoms with Gasteiger partial charge in [-0.2, -0.15) is 0 Å². The van der Waals surface area contributed by atoms with E-state index >= 15 is 0 Å². The summed E-state index contributed by atoms with van der Waals surface area (Å²) in [5.41, 5.74) is 3.70. The zero-order valence-electron chi connectivity index (χ0n) is 11.7. The van der Waals surface area contributed by atoms with Crippen molar-refractivity contribution in [1.29, 1.82) is 0 Å². The third-order valence-electron chi connectivity index (χ3n) is 3.74. The molecule has 0 fully saturated rings. The third kappa shape index (κ3) is 2.59. The van der Waals surface area contributed by atoms with Crippen LogP contribution in [-0.4, -0.2) is 24.5 Å². The molecular formula is C17H21NO. The summed E-state index contributed by atoms with van der Waals surface area (Å²) in [7, 11) is 0. The average molecular weight is 255 g/mol. The van der Waals surface area contributed by atoms with Gasteiger partial charge in [0, 0.05) is 30.6 Å². The van der Waals surface area contributed by atoms with Crippen LogP contribution in [0.2, 0.25) is 0 Å². The Morgan fingerprint density at radius 1 is 1.26 bits per heavy atom. The lowest BCUT2D eigenvalue weighted by atomic mass is 9.98. The van der Waals surface area contributed by atoms with Crippen LogP contribution in [0.3, 0.4) is 0 Å². The zero-order valence-corrected chi connectivity index (χ0v) is 11.7. The van der Waals surface area contributed by atoms with E-state index in [1.807, 2.05) is 18.4 Å². The maximum Gasteiger partial charge on any atom is 0.134 e. The van der Waals surface area contributed by atoms with Crippen LogP contribution in [0.5, 0.6) is 0 Å². The molecule has 0 aliphatic carbocycles. The Morgan fingerprint density at radius 2 is 2.11 bits per heavy atom. The monoisotopic (exact) mass is 255 g/mol. The molecule has 0 amide bonds. The fraction of sp³-hybridized carbons (Fsp3) is 0.412. The van der Waals surface area contributed by atoms with E-state index in [2.05, 4.69) is 37.0 Å². The summed E-state index contributed by atoms with van der Waals surface area (Å²) < 4.78 is 5.64. The first-order valence-corrected chi connectivity index (χ1v) is 7.12. The smallest absolute Gasteiger partial charge is 0.134 e. The molecule has 1 aliphatic rings. The number of nitrogens with zero attached hydrogens (tertiary/aromatic N) is 1. The molecule has 2 heteroatoms. The number of furan rings is 1. The van der Waals surface area contributed by atoms with Crippen LogP contribution in [0, 0.1) is 5.92 Å². The lowest BCUT2D eigenvalue weighted by Gasteiger charge is -2.27. The number of hydrogen-bond acceptors (Lipinski definition) is 2. The highest BCUT2D eigenvalue weighted by Gasteiger charge is 2.16. The second-order valence-electron chi connectivity index (χ2n) is 5.78. The van der Waals surface area contributed by atoms with Crippen molar-refractivity contribution in [2.24, 2.45) is 5.92 Å². The molecule has 2 aromatic rings. The molecule has 0 radical (unpaired) electrons. The molecule has 0 bridgehead atoms. The Morgan fingerprint density at radius 3 is 2.84 bits per heavy atom. The molecule has 2 nitrogen and oxygen atoms in total. The quantitative estimate of drug-likeness (QED) is 0.818. The average Bonchev–Trinajstić information content (AvgIpc) is 2.83. The first-order valence-electron chi connectivity index (χ1n) is 7.12. The fourth-order valence-corrected chi connectivity index (χ4v) is 2.86. The van der Waals surface area contributed by atoms with Crippen molar-refractivity contribution in [3.63, 3.8) is 0 Å². The maximum atomic E-state index is 5.64. The van der Waals surface area contributed by atoms with Crippen molar-refractivity contribution in [3.8, 4) is 0 Å². The predicted molar refractivity (Wildman–Crippen MR) is 80.1 cm³/mol. The summed E-state index contributed by atoms with van der Waals surface area (Å²) in [5, 5.41) is 1.24. The molecule has 3 rings (SSSR count). The van der Waals surface area contributed by atoms with E-state index in [9.17, 15) is 0 Å². The van der Waals surface area contributed by atoms with Gasteiger partial charge in [-0.3, -0.25) is 4.90 Å². The summed E-state index contributed by atoms with van der Waals surface area (Å²) in [6.07, 6.45) is 5.40. The van der Waals surface area contributed by atoms with E-state index in [0.29, 0.717) is 0 Å². The minimum atomic E-state index is 0.740. The minimum Gasteiger partial charge on any atom is -0.464 e. The fourth-order valence-electron chi connectivity index (χ4n) is 2.86. The molecule has 0 N–H and O–H groups in total. The molecule has 0 spiro atoms. The van der Waals surface area contributed by atoms with Crippen LogP contribution >= 0.6 is 0 Å². The van der Waals surface area contributed by atoms with Gasteiger partial charge in [-0.15, -0.1) is 0 Å². The van der Waals surface area contributed by atoms with Crippen molar-refractivity contribution >= 4 is 16.5 Å². The van der Waals surface area contributed by atoms with Crippen molar-refractivity contribution in [1.82, 2.24) is 4.90 Å². The van der Waals surface area contributed by atoms with Crippen LogP contribution in [0.1, 0.15) is 25.8 Å². The van der Waals surface area contributed by atoms with Gasteiger partial charge >= 0.3 is 0 Å². The molecule has 1 aromatic carbocycles. The standard InChI is InChI=1S/C17H21NO/c1-13(2)11-18-9-7-14(8-10-18)16-12-19-17-6-4-3-5-15(16)17/h3-7,12-13H,8-11H2,1-2H3. The molecule has 0 saturated heterocycles. The van der Waals surface area contributed by atoms with Gasteiger partial charge in [-0.05, 0) is 24.0 Å². The van der Waals surface area contributed by atoms with Gasteiger partial charge in [0.15, 0.2) is 0 Å². The van der Waals surface area contributed by atoms with Gasteiger partial charge in [-0.1, -0.05) is 38.1 Å². The SMILES string of the molecule is CC(C)CN1CC=C(c2coc3ccccc23)CC1. The van der Waals surface area contributed by atoms with Crippen molar-refractivity contribution < 1.29 is 4.42 Å². The molecule has 1 aromatic heterocycles. The second-order valence-corrected chi connectivity index (χ2v) is 5.78. The highest BCUT2D eigenvalue weighted by atomic mass is 16.3. The largest absolute Gasteiger partial charge is 0.464 e. The van der Waals surface area contributed by atoms with Crippen LogP contribution in [0.4, 0.5) is 0 Å². The molecule has 19 heavy (non-hydrogen) atoms. The summed E-state index contributed by atoms with van der Waals surface area (Å²) in [4.78, 5) is 2.52. The highest BCUT2D eigenvalue weighted by Crippen LogP contribution is 2.30. The zero-order chi connectivity index (χ0) is 13.2. The van der Waals surface area contributed by atoms with Gasteiger partial charge < -0.3 is 4.42 Å². The predicted octanol–water partition coefficient (Wildman–Crippen LogP) is 4.18. The Balaban J connectivity index is 1.82. The third-order valence-corrected chi connectivity index (χ3v) is 3.74. The molecular weight excluding hydrogens is 234 g/mol. The molecule has 1 aliphatic heterocycles. The topological polar surface area (TPSA) is 16.4 Å². The molecule has 2 heterocycles. The van der Waals surface area contributed by atoms with E-state index in [1.165, 1.54) is 23.1 Å². The Bertz CT molecular complexity index is 594. The van der Waals surface area contributed by atoms with E-state index in [-0.39, 0.29) is 0 Å². The van der Waals surface area contributed by atoms with Crippen LogP contribution < -0.4 is 0 Å². The van der Waals surface area contributed by atoms with Gasteiger partial charge in [0.25, 0.3) is 0 Å². The molecule has 0 saturated carbocycles. The first-order chi connectivity index (χ1) is 9.24. The normalized spacial score (nSPS) is 17.1. The van der Waals surface area contributed by atoms with Crippen LogP contribution in [0.25, 0.3) is 16.5 Å². The van der Waals surface area contributed by atoms with E-state index in [1.54, 1.807) is 0 Å². The Kier molecular flexibility index (Phi) is 3.43. The van der Waals surface area contributed by atoms with E-state index in [4.69, 9.17) is 4.42 Å². The number of para-hydroxylation sites is 1. The molecule has 100 valence electrons. The van der Waals surface area contributed by atoms with Crippen molar-refractivity contribution in [2.75, 3.05) is 19.6 Å². The van der Waals surface area contributed by atoms with Crippen LogP contribution in [-0.2, 0) is 0 Å². The van der Waals surface area contributed by atoms with Crippen molar-refractivity contribution in [2.45, 2.75) is 20.3 Å².